The van der Waals surface area contributed by atoms with Crippen LogP contribution in [0.25, 0.3) is 0 Å². The first-order chi connectivity index (χ1) is 6.04. The van der Waals surface area contributed by atoms with Crippen LogP contribution in [0.5, 0.6) is 0 Å². The van der Waals surface area contributed by atoms with Crippen LogP contribution < -0.4 is 5.73 Å². The van der Waals surface area contributed by atoms with Gasteiger partial charge in [-0.05, 0) is 18.6 Å². The second-order valence-electron chi connectivity index (χ2n) is 2.78. The Morgan fingerprint density at radius 1 is 1.69 bits per heavy atom. The predicted molar refractivity (Wildman–Crippen MR) is 44.0 cm³/mol. The van der Waals surface area contributed by atoms with Gasteiger partial charge in [-0.25, -0.2) is 0 Å². The van der Waals surface area contributed by atoms with Gasteiger partial charge in [-0.2, -0.15) is 0 Å². The van der Waals surface area contributed by atoms with E-state index in [2.05, 4.69) is 0 Å². The molecule has 5 heteroatoms. The van der Waals surface area contributed by atoms with Crippen molar-refractivity contribution in [3.8, 4) is 0 Å². The van der Waals surface area contributed by atoms with E-state index >= 15 is 0 Å². The van der Waals surface area contributed by atoms with Crippen LogP contribution in [0.4, 0.5) is 0 Å². The van der Waals surface area contributed by atoms with E-state index < -0.39 is 18.1 Å². The molecule has 1 rings (SSSR count). The number of aliphatic carboxylic acids is 1. The number of carboxylic acids is 1. The summed E-state index contributed by atoms with van der Waals surface area (Å²) in [6.07, 6.45) is 0.0788. The first-order valence-corrected chi connectivity index (χ1v) is 3.74. The summed E-state index contributed by atoms with van der Waals surface area (Å²) in [5.41, 5.74) is 5.90. The highest BCUT2D eigenvalue weighted by Crippen LogP contribution is 2.20. The average Bonchev–Trinajstić information content (AvgIpc) is 2.48. The fourth-order valence-corrected chi connectivity index (χ4v) is 0.986. The van der Waals surface area contributed by atoms with Crippen molar-refractivity contribution < 1.29 is 19.4 Å². The summed E-state index contributed by atoms with van der Waals surface area (Å²) in [4.78, 5) is 10.4. The Kier molecular flexibility index (Phi) is 2.69. The number of hydrogen-bond donors (Lipinski definition) is 3. The molecular formula is C8H11NO4. The lowest BCUT2D eigenvalue weighted by atomic mass is 10.1. The monoisotopic (exact) mass is 185 g/mol. The highest BCUT2D eigenvalue weighted by molar-refractivity contribution is 5.74. The van der Waals surface area contributed by atoms with E-state index in [-0.39, 0.29) is 5.76 Å². The van der Waals surface area contributed by atoms with Crippen LogP contribution >= 0.6 is 0 Å². The van der Waals surface area contributed by atoms with E-state index in [1.165, 1.54) is 6.26 Å². The van der Waals surface area contributed by atoms with Crippen molar-refractivity contribution in [2.24, 2.45) is 5.73 Å². The quantitative estimate of drug-likeness (QED) is 0.617. The molecule has 1 heterocycles. The number of aryl methyl sites for hydroxylation is 1. The Balaban J connectivity index is 2.85. The molecule has 1 aromatic rings. The predicted octanol–water partition coefficient (Wildman–Crippen LogP) is 0.0333. The van der Waals surface area contributed by atoms with Crippen LogP contribution in [0.1, 0.15) is 17.4 Å². The Morgan fingerprint density at radius 2 is 2.31 bits per heavy atom. The summed E-state index contributed by atoms with van der Waals surface area (Å²) >= 11 is 0. The zero-order valence-electron chi connectivity index (χ0n) is 7.10. The van der Waals surface area contributed by atoms with Crippen molar-refractivity contribution in [1.82, 2.24) is 0 Å². The molecule has 72 valence electrons. The molecule has 0 aromatic carbocycles. The van der Waals surface area contributed by atoms with Gasteiger partial charge in [0.05, 0.1) is 6.26 Å². The fraction of sp³-hybridized carbons (Fsp3) is 0.375. The van der Waals surface area contributed by atoms with E-state index in [9.17, 15) is 9.90 Å². The molecule has 0 fully saturated rings. The molecule has 0 aliphatic rings. The third-order valence-corrected chi connectivity index (χ3v) is 1.80. The van der Waals surface area contributed by atoms with E-state index in [1.54, 1.807) is 13.0 Å². The third-order valence-electron chi connectivity index (χ3n) is 1.80. The van der Waals surface area contributed by atoms with Gasteiger partial charge in [0.1, 0.15) is 17.9 Å². The lowest BCUT2D eigenvalue weighted by Crippen LogP contribution is -2.36. The van der Waals surface area contributed by atoms with Crippen molar-refractivity contribution in [2.75, 3.05) is 0 Å². The highest BCUT2D eigenvalue weighted by atomic mass is 16.4. The van der Waals surface area contributed by atoms with Crippen molar-refractivity contribution in [2.45, 2.75) is 19.1 Å². The molecule has 0 saturated heterocycles. The van der Waals surface area contributed by atoms with E-state index in [0.717, 1.165) is 0 Å². The normalized spacial score (nSPS) is 15.3. The number of hydrogen-bond acceptors (Lipinski definition) is 4. The fourth-order valence-electron chi connectivity index (χ4n) is 0.986. The van der Waals surface area contributed by atoms with Crippen LogP contribution in [-0.2, 0) is 4.79 Å². The van der Waals surface area contributed by atoms with Gasteiger partial charge < -0.3 is 20.4 Å². The van der Waals surface area contributed by atoms with E-state index in [4.69, 9.17) is 15.3 Å². The minimum absolute atomic E-state index is 0.204. The van der Waals surface area contributed by atoms with Crippen LogP contribution in [0, 0.1) is 6.92 Å². The minimum Gasteiger partial charge on any atom is -0.480 e. The number of rotatable bonds is 3. The summed E-state index contributed by atoms with van der Waals surface area (Å²) in [6, 6.07) is 0.275. The van der Waals surface area contributed by atoms with Crippen molar-refractivity contribution in [3.63, 3.8) is 0 Å². The Hall–Kier alpha value is -1.33. The second-order valence-corrected chi connectivity index (χ2v) is 2.78. The first-order valence-electron chi connectivity index (χ1n) is 3.74. The average molecular weight is 185 g/mol. The number of furan rings is 1. The van der Waals surface area contributed by atoms with Gasteiger partial charge in [-0.3, -0.25) is 4.79 Å². The van der Waals surface area contributed by atoms with Gasteiger partial charge in [0.25, 0.3) is 0 Å². The van der Waals surface area contributed by atoms with Crippen LogP contribution in [0.3, 0.4) is 0 Å². The van der Waals surface area contributed by atoms with Gasteiger partial charge in [-0.15, -0.1) is 0 Å². The number of nitrogens with two attached hydrogens (primary N) is 1. The maximum absolute atomic E-state index is 10.4. The van der Waals surface area contributed by atoms with Gasteiger partial charge in [-0.1, -0.05) is 0 Å². The molecular weight excluding hydrogens is 174 g/mol. The molecule has 5 nitrogen and oxygen atoms in total. The van der Waals surface area contributed by atoms with Crippen LogP contribution in [0.2, 0.25) is 0 Å². The third kappa shape index (κ3) is 1.88. The Labute approximate surface area is 74.8 Å². The van der Waals surface area contributed by atoms with Crippen molar-refractivity contribution in [1.29, 1.82) is 0 Å². The number of carbonyl (C=O) groups is 1. The summed E-state index contributed by atoms with van der Waals surface area (Å²) in [6.45, 7) is 1.70. The molecule has 0 aliphatic heterocycles. The maximum Gasteiger partial charge on any atom is 0.323 e. The van der Waals surface area contributed by atoms with Gasteiger partial charge in [0, 0.05) is 0 Å². The number of aliphatic hydroxyl groups is 1. The number of aliphatic hydroxyl groups excluding tert-OH is 1. The summed E-state index contributed by atoms with van der Waals surface area (Å²) in [7, 11) is 0. The molecule has 0 bridgehead atoms. The van der Waals surface area contributed by atoms with Gasteiger partial charge in [0.15, 0.2) is 0 Å². The SMILES string of the molecule is Cc1ccoc1C(O)C(N)C(=O)O. The Bertz CT molecular complexity index is 307. The molecule has 0 saturated carbocycles. The highest BCUT2D eigenvalue weighted by Gasteiger charge is 2.26. The van der Waals surface area contributed by atoms with Crippen molar-refractivity contribution >= 4 is 5.97 Å². The zero-order valence-corrected chi connectivity index (χ0v) is 7.10. The van der Waals surface area contributed by atoms with Crippen LogP contribution in [-0.4, -0.2) is 22.2 Å². The van der Waals surface area contributed by atoms with Crippen LogP contribution in [0.15, 0.2) is 16.7 Å². The smallest absolute Gasteiger partial charge is 0.323 e. The maximum atomic E-state index is 10.4. The zero-order chi connectivity index (χ0) is 10.0. The first kappa shape index (κ1) is 9.76. The van der Waals surface area contributed by atoms with Gasteiger partial charge >= 0.3 is 5.97 Å². The van der Waals surface area contributed by atoms with Crippen molar-refractivity contribution in [3.05, 3.63) is 23.7 Å². The molecule has 0 amide bonds. The van der Waals surface area contributed by atoms with Gasteiger partial charge in [0.2, 0.25) is 0 Å². The summed E-state index contributed by atoms with van der Waals surface area (Å²) in [5, 5.41) is 17.9. The Morgan fingerprint density at radius 3 is 2.69 bits per heavy atom. The standard InChI is InChI=1S/C8H11NO4/c1-4-2-3-13-7(4)6(10)5(9)8(11)12/h2-3,5-6,10H,9H2,1H3,(H,11,12). The van der Waals surface area contributed by atoms with E-state index in [1.807, 2.05) is 0 Å². The minimum atomic E-state index is -1.36. The molecule has 4 N–H and O–H groups in total. The second kappa shape index (κ2) is 3.59. The molecule has 13 heavy (non-hydrogen) atoms. The summed E-state index contributed by atoms with van der Waals surface area (Å²) < 4.78 is 4.90. The number of carboxylic acid groups (broad SMARTS) is 1. The summed E-state index contributed by atoms with van der Waals surface area (Å²) in [5.74, 6) is -1.06. The lowest BCUT2D eigenvalue weighted by molar-refractivity contribution is -0.141. The molecule has 2 unspecified atom stereocenters. The molecule has 2 atom stereocenters. The topological polar surface area (TPSA) is 96.7 Å². The molecule has 0 radical (unpaired) electrons. The molecule has 0 aliphatic carbocycles. The molecule has 0 spiro atoms. The molecule has 1 aromatic heterocycles. The lowest BCUT2D eigenvalue weighted by Gasteiger charge is -2.12. The largest absolute Gasteiger partial charge is 0.480 e. The van der Waals surface area contributed by atoms with E-state index in [0.29, 0.717) is 5.56 Å².